The van der Waals surface area contributed by atoms with E-state index in [-0.39, 0.29) is 16.5 Å². The SMILES string of the molecule is CCOc1cccc(C(=O)NC(=S)Nc2cc([N+](=O)[O-])ccc2F)c1. The first-order valence-corrected chi connectivity index (χ1v) is 7.60. The Balaban J connectivity index is 2.07. The van der Waals surface area contributed by atoms with Crippen LogP contribution in [0.25, 0.3) is 0 Å². The highest BCUT2D eigenvalue weighted by Crippen LogP contribution is 2.21. The fourth-order valence-corrected chi connectivity index (χ4v) is 2.15. The van der Waals surface area contributed by atoms with Crippen molar-refractivity contribution in [2.24, 2.45) is 0 Å². The molecule has 0 aliphatic carbocycles. The number of hydrogen-bond acceptors (Lipinski definition) is 5. The maximum atomic E-state index is 13.7. The number of nitro benzene ring substituents is 1. The third kappa shape index (κ3) is 4.95. The first kappa shape index (κ1) is 18.3. The summed E-state index contributed by atoms with van der Waals surface area (Å²) < 4.78 is 19.0. The lowest BCUT2D eigenvalue weighted by Crippen LogP contribution is -2.34. The summed E-state index contributed by atoms with van der Waals surface area (Å²) in [6.07, 6.45) is 0. The van der Waals surface area contributed by atoms with Gasteiger partial charge in [0.25, 0.3) is 11.6 Å². The normalized spacial score (nSPS) is 10.0. The van der Waals surface area contributed by atoms with Crippen LogP contribution in [-0.4, -0.2) is 22.5 Å². The van der Waals surface area contributed by atoms with Gasteiger partial charge in [-0.3, -0.25) is 20.2 Å². The molecule has 0 atom stereocenters. The van der Waals surface area contributed by atoms with E-state index in [1.165, 1.54) is 6.07 Å². The van der Waals surface area contributed by atoms with Crippen molar-refractivity contribution in [2.75, 3.05) is 11.9 Å². The number of anilines is 1. The van der Waals surface area contributed by atoms with Crippen LogP contribution in [0.1, 0.15) is 17.3 Å². The topological polar surface area (TPSA) is 93.5 Å². The Morgan fingerprint density at radius 1 is 1.32 bits per heavy atom. The van der Waals surface area contributed by atoms with Gasteiger partial charge in [-0.25, -0.2) is 4.39 Å². The van der Waals surface area contributed by atoms with Crippen LogP contribution < -0.4 is 15.4 Å². The van der Waals surface area contributed by atoms with Crippen LogP contribution in [0.2, 0.25) is 0 Å². The van der Waals surface area contributed by atoms with Crippen LogP contribution in [-0.2, 0) is 0 Å². The van der Waals surface area contributed by atoms with Crippen LogP contribution in [0.15, 0.2) is 42.5 Å². The van der Waals surface area contributed by atoms with Gasteiger partial charge in [0, 0.05) is 17.7 Å². The Morgan fingerprint density at radius 2 is 2.08 bits per heavy atom. The fraction of sp³-hybridized carbons (Fsp3) is 0.125. The van der Waals surface area contributed by atoms with Crippen molar-refractivity contribution in [3.05, 3.63) is 64.0 Å². The van der Waals surface area contributed by atoms with Gasteiger partial charge in [-0.15, -0.1) is 0 Å². The van der Waals surface area contributed by atoms with Gasteiger partial charge in [0.2, 0.25) is 0 Å². The Morgan fingerprint density at radius 3 is 2.76 bits per heavy atom. The molecule has 7 nitrogen and oxygen atoms in total. The third-order valence-corrected chi connectivity index (χ3v) is 3.25. The molecule has 0 aromatic heterocycles. The second-order valence-corrected chi connectivity index (χ2v) is 5.20. The number of halogens is 1. The molecular formula is C16H14FN3O4S. The molecule has 1 amide bonds. The second-order valence-electron chi connectivity index (χ2n) is 4.79. The van der Waals surface area contributed by atoms with Crippen LogP contribution in [0.3, 0.4) is 0 Å². The predicted molar refractivity (Wildman–Crippen MR) is 94.4 cm³/mol. The number of carbonyl (C=O) groups is 1. The van der Waals surface area contributed by atoms with Crippen molar-refractivity contribution >= 4 is 34.6 Å². The Kier molecular flexibility index (Phi) is 5.96. The molecule has 0 unspecified atom stereocenters. The zero-order chi connectivity index (χ0) is 18.4. The van der Waals surface area contributed by atoms with Crippen LogP contribution in [0.5, 0.6) is 5.75 Å². The molecule has 0 saturated heterocycles. The van der Waals surface area contributed by atoms with Gasteiger partial charge in [0.15, 0.2) is 5.11 Å². The van der Waals surface area contributed by atoms with Gasteiger partial charge >= 0.3 is 0 Å². The lowest BCUT2D eigenvalue weighted by Gasteiger charge is -2.11. The summed E-state index contributed by atoms with van der Waals surface area (Å²) in [5.74, 6) is -0.732. The summed E-state index contributed by atoms with van der Waals surface area (Å²) >= 11 is 4.95. The summed E-state index contributed by atoms with van der Waals surface area (Å²) in [6, 6.07) is 9.41. The maximum Gasteiger partial charge on any atom is 0.271 e. The maximum absolute atomic E-state index is 13.7. The Hall–Kier alpha value is -3.07. The first-order chi connectivity index (χ1) is 11.9. The highest BCUT2D eigenvalue weighted by atomic mass is 32.1. The number of nitro groups is 1. The quantitative estimate of drug-likeness (QED) is 0.481. The molecule has 2 rings (SSSR count). The van der Waals surface area contributed by atoms with E-state index in [9.17, 15) is 19.3 Å². The summed E-state index contributed by atoms with van der Waals surface area (Å²) in [4.78, 5) is 22.2. The molecule has 0 aliphatic rings. The van der Waals surface area contributed by atoms with Crippen molar-refractivity contribution in [2.45, 2.75) is 6.92 Å². The van der Waals surface area contributed by atoms with Crippen LogP contribution >= 0.6 is 12.2 Å². The van der Waals surface area contributed by atoms with Crippen molar-refractivity contribution in [3.8, 4) is 5.75 Å². The largest absolute Gasteiger partial charge is 0.494 e. The smallest absolute Gasteiger partial charge is 0.271 e. The van der Waals surface area contributed by atoms with Crippen molar-refractivity contribution in [1.29, 1.82) is 0 Å². The first-order valence-electron chi connectivity index (χ1n) is 7.20. The fourth-order valence-electron chi connectivity index (χ4n) is 1.95. The number of hydrogen-bond donors (Lipinski definition) is 2. The summed E-state index contributed by atoms with van der Waals surface area (Å²) in [6.45, 7) is 2.27. The zero-order valence-electron chi connectivity index (χ0n) is 13.1. The zero-order valence-corrected chi connectivity index (χ0v) is 13.9. The molecular weight excluding hydrogens is 349 g/mol. The molecule has 130 valence electrons. The van der Waals surface area contributed by atoms with E-state index in [4.69, 9.17) is 17.0 Å². The van der Waals surface area contributed by atoms with Crippen molar-refractivity contribution in [1.82, 2.24) is 5.32 Å². The van der Waals surface area contributed by atoms with E-state index < -0.39 is 16.6 Å². The molecule has 0 saturated carbocycles. The molecule has 2 aromatic carbocycles. The summed E-state index contributed by atoms with van der Waals surface area (Å²) in [5.41, 5.74) is -0.209. The molecule has 0 aliphatic heterocycles. The molecule has 0 heterocycles. The third-order valence-electron chi connectivity index (χ3n) is 3.04. The van der Waals surface area contributed by atoms with Gasteiger partial charge in [-0.2, -0.15) is 0 Å². The minimum absolute atomic E-state index is 0.189. The number of non-ortho nitro benzene ring substituents is 1. The number of amides is 1. The van der Waals surface area contributed by atoms with Crippen molar-refractivity contribution < 1.29 is 18.8 Å². The average molecular weight is 363 g/mol. The number of ether oxygens (including phenoxy) is 1. The molecule has 9 heteroatoms. The summed E-state index contributed by atoms with van der Waals surface area (Å²) in [7, 11) is 0. The average Bonchev–Trinajstić information content (AvgIpc) is 2.57. The highest BCUT2D eigenvalue weighted by Gasteiger charge is 2.14. The lowest BCUT2D eigenvalue weighted by atomic mass is 10.2. The van der Waals surface area contributed by atoms with E-state index in [0.717, 1.165) is 18.2 Å². The number of nitrogens with zero attached hydrogens (tertiary/aromatic N) is 1. The number of rotatable bonds is 5. The molecule has 25 heavy (non-hydrogen) atoms. The van der Waals surface area contributed by atoms with Gasteiger partial charge in [-0.05, 0) is 43.4 Å². The number of benzene rings is 2. The number of carbonyl (C=O) groups excluding carboxylic acids is 1. The van der Waals surface area contributed by atoms with Crippen molar-refractivity contribution in [3.63, 3.8) is 0 Å². The van der Waals surface area contributed by atoms with E-state index in [2.05, 4.69) is 10.6 Å². The van der Waals surface area contributed by atoms with Gasteiger partial charge in [0.1, 0.15) is 11.6 Å². The number of thiocarbonyl (C=S) groups is 1. The molecule has 0 bridgehead atoms. The molecule has 0 radical (unpaired) electrons. The lowest BCUT2D eigenvalue weighted by molar-refractivity contribution is -0.384. The highest BCUT2D eigenvalue weighted by molar-refractivity contribution is 7.80. The monoisotopic (exact) mass is 363 g/mol. The number of nitrogens with one attached hydrogen (secondary N) is 2. The van der Waals surface area contributed by atoms with Gasteiger partial charge < -0.3 is 10.1 Å². The molecule has 2 aromatic rings. The van der Waals surface area contributed by atoms with E-state index in [1.807, 2.05) is 6.92 Å². The minimum atomic E-state index is -0.736. The molecule has 0 fully saturated rings. The van der Waals surface area contributed by atoms with Gasteiger partial charge in [0.05, 0.1) is 17.2 Å². The van der Waals surface area contributed by atoms with E-state index in [0.29, 0.717) is 17.9 Å². The predicted octanol–water partition coefficient (Wildman–Crippen LogP) is 3.26. The minimum Gasteiger partial charge on any atom is -0.494 e. The molecule has 0 spiro atoms. The standard InChI is InChI=1S/C16H14FN3O4S/c1-2-24-12-5-3-4-10(8-12)15(21)19-16(25)18-14-9-11(20(22)23)6-7-13(14)17/h3-9H,2H2,1H3,(H2,18,19,21,25). The van der Waals surface area contributed by atoms with Crippen LogP contribution in [0.4, 0.5) is 15.8 Å². The second kappa shape index (κ2) is 8.15. The van der Waals surface area contributed by atoms with Crippen LogP contribution in [0, 0.1) is 15.9 Å². The Bertz CT molecular complexity index is 829. The van der Waals surface area contributed by atoms with Gasteiger partial charge in [-0.1, -0.05) is 6.07 Å². The Labute approximate surface area is 148 Å². The van der Waals surface area contributed by atoms with E-state index in [1.54, 1.807) is 18.2 Å². The van der Waals surface area contributed by atoms with E-state index >= 15 is 0 Å². The summed E-state index contributed by atoms with van der Waals surface area (Å²) in [5, 5.41) is 15.4. The molecule has 2 N–H and O–H groups in total.